The van der Waals surface area contributed by atoms with E-state index in [4.69, 9.17) is 4.43 Å². The van der Waals surface area contributed by atoms with E-state index >= 15 is 0 Å². The molecule has 0 aromatic carbocycles. The maximum absolute atomic E-state index is 5.16. The second-order valence-corrected chi connectivity index (χ2v) is 3.77. The molecule has 0 rings (SSSR count). The van der Waals surface area contributed by atoms with E-state index in [9.17, 15) is 0 Å². The molecular weight excluding hydrogens is 140 g/mol. The summed E-state index contributed by atoms with van der Waals surface area (Å²) in [5.74, 6) is 1.69. The molecule has 0 radical (unpaired) electrons. The van der Waals surface area contributed by atoms with Crippen LogP contribution in [0.25, 0.3) is 0 Å². The van der Waals surface area contributed by atoms with Crippen molar-refractivity contribution < 1.29 is 4.43 Å². The van der Waals surface area contributed by atoms with Crippen molar-refractivity contribution in [2.75, 3.05) is 6.61 Å². The molecule has 0 aromatic rings. The Morgan fingerprint density at radius 2 is 2.00 bits per heavy atom. The van der Waals surface area contributed by atoms with E-state index in [0.29, 0.717) is 0 Å². The predicted octanol–water partition coefficient (Wildman–Crippen LogP) is 1.36. The summed E-state index contributed by atoms with van der Waals surface area (Å²) < 4.78 is 5.16. The molecule has 1 nitrogen and oxygen atoms in total. The lowest BCUT2D eigenvalue weighted by molar-refractivity contribution is 0.258. The Balaban J connectivity index is 3.40. The van der Waals surface area contributed by atoms with Gasteiger partial charge in [0.2, 0.25) is 0 Å². The van der Waals surface area contributed by atoms with E-state index in [1.807, 2.05) is 0 Å². The van der Waals surface area contributed by atoms with E-state index in [2.05, 4.69) is 20.8 Å². The summed E-state index contributed by atoms with van der Waals surface area (Å²) in [5.41, 5.74) is 0. The van der Waals surface area contributed by atoms with Crippen molar-refractivity contribution in [1.82, 2.24) is 0 Å². The van der Waals surface area contributed by atoms with E-state index < -0.39 is 0 Å². The molecule has 0 aromatic heterocycles. The van der Waals surface area contributed by atoms with Crippen LogP contribution in [0.4, 0.5) is 0 Å². The second-order valence-electron chi connectivity index (χ2n) is 3.19. The van der Waals surface area contributed by atoms with Crippen molar-refractivity contribution in [2.45, 2.75) is 33.6 Å². The van der Waals surface area contributed by atoms with E-state index in [1.165, 1.54) is 12.8 Å². The lowest BCUT2D eigenvalue weighted by Gasteiger charge is -2.17. The summed E-state index contributed by atoms with van der Waals surface area (Å²) >= 11 is 0. The van der Waals surface area contributed by atoms with E-state index in [0.717, 1.165) is 28.9 Å². The van der Waals surface area contributed by atoms with Gasteiger partial charge in [-0.3, -0.25) is 0 Å². The van der Waals surface area contributed by atoms with Gasteiger partial charge in [0.05, 0.1) is 0 Å². The first-order valence-corrected chi connectivity index (χ1v) is 5.03. The molecule has 0 spiro atoms. The quantitative estimate of drug-likeness (QED) is 0.552. The minimum Gasteiger partial charge on any atom is -0.428 e. The number of rotatable bonds is 5. The maximum atomic E-state index is 5.16. The highest BCUT2D eigenvalue weighted by Gasteiger charge is 2.09. The zero-order valence-corrected chi connectivity index (χ0v) is 9.68. The van der Waals surface area contributed by atoms with E-state index in [1.54, 1.807) is 0 Å². The van der Waals surface area contributed by atoms with Gasteiger partial charge in [-0.25, -0.2) is 0 Å². The normalized spacial score (nSPS) is 14.4. The van der Waals surface area contributed by atoms with Crippen molar-refractivity contribution in [2.24, 2.45) is 11.8 Å². The van der Waals surface area contributed by atoms with Crippen LogP contribution in [0.15, 0.2) is 0 Å². The van der Waals surface area contributed by atoms with Gasteiger partial charge in [0.1, 0.15) is 10.5 Å². The van der Waals surface area contributed by atoms with Crippen molar-refractivity contribution in [3.63, 3.8) is 0 Å². The number of hydrogen-bond donors (Lipinski definition) is 0. The Morgan fingerprint density at radius 3 is 2.30 bits per heavy atom. The molecular formula is C8H20OSi. The summed E-state index contributed by atoms with van der Waals surface area (Å²) in [6, 6.07) is 0. The summed E-state index contributed by atoms with van der Waals surface area (Å²) in [5, 5.41) is 0. The van der Waals surface area contributed by atoms with Gasteiger partial charge in [0, 0.05) is 6.61 Å². The molecule has 2 heteroatoms. The monoisotopic (exact) mass is 160 g/mol. The van der Waals surface area contributed by atoms with Crippen molar-refractivity contribution >= 4 is 10.5 Å². The third kappa shape index (κ3) is 4.07. The fourth-order valence-corrected chi connectivity index (χ4v) is 1.51. The molecule has 10 heavy (non-hydrogen) atoms. The highest BCUT2D eigenvalue weighted by atomic mass is 28.2. The molecule has 0 saturated carbocycles. The molecule has 0 heterocycles. The van der Waals surface area contributed by atoms with Gasteiger partial charge in [-0.15, -0.1) is 0 Å². The molecule has 0 aliphatic heterocycles. The van der Waals surface area contributed by atoms with Crippen LogP contribution in [0.1, 0.15) is 33.6 Å². The average Bonchev–Trinajstić information content (AvgIpc) is 1.89. The Labute approximate surface area is 67.7 Å². The molecule has 1 atom stereocenters. The van der Waals surface area contributed by atoms with Gasteiger partial charge in [0.15, 0.2) is 0 Å². The van der Waals surface area contributed by atoms with Crippen LogP contribution in [0.2, 0.25) is 0 Å². The molecule has 0 aliphatic rings. The Hall–Kier alpha value is 0.177. The van der Waals surface area contributed by atoms with Crippen molar-refractivity contribution in [1.29, 1.82) is 0 Å². The van der Waals surface area contributed by atoms with Gasteiger partial charge in [-0.2, -0.15) is 0 Å². The number of hydrogen-bond acceptors (Lipinski definition) is 1. The molecule has 0 aliphatic carbocycles. The summed E-state index contributed by atoms with van der Waals surface area (Å²) in [4.78, 5) is 0. The van der Waals surface area contributed by atoms with Gasteiger partial charge < -0.3 is 4.43 Å². The molecule has 1 unspecified atom stereocenters. The van der Waals surface area contributed by atoms with Crippen LogP contribution >= 0.6 is 0 Å². The maximum Gasteiger partial charge on any atom is 0.145 e. The third-order valence-electron chi connectivity index (χ3n) is 2.16. The Bertz CT molecular complexity index is 73.7. The van der Waals surface area contributed by atoms with Crippen molar-refractivity contribution in [3.8, 4) is 0 Å². The third-order valence-corrected chi connectivity index (χ3v) is 2.57. The molecule has 0 saturated heterocycles. The molecule has 62 valence electrons. The lowest BCUT2D eigenvalue weighted by atomic mass is 9.91. The summed E-state index contributed by atoms with van der Waals surface area (Å²) in [7, 11) is 0.893. The largest absolute Gasteiger partial charge is 0.428 e. The van der Waals surface area contributed by atoms with Crippen LogP contribution < -0.4 is 0 Å². The van der Waals surface area contributed by atoms with Crippen LogP contribution in [-0.2, 0) is 4.43 Å². The van der Waals surface area contributed by atoms with Gasteiger partial charge in [-0.05, 0) is 18.3 Å². The Morgan fingerprint density at radius 1 is 1.40 bits per heavy atom. The topological polar surface area (TPSA) is 9.23 Å². The molecule has 0 fully saturated rings. The summed E-state index contributed by atoms with van der Waals surface area (Å²) in [6.07, 6.45) is 2.54. The lowest BCUT2D eigenvalue weighted by Crippen LogP contribution is -2.10. The first-order valence-electron chi connectivity index (χ1n) is 4.21. The van der Waals surface area contributed by atoms with Gasteiger partial charge in [0.25, 0.3) is 0 Å². The summed E-state index contributed by atoms with van der Waals surface area (Å²) in [6.45, 7) is 7.82. The van der Waals surface area contributed by atoms with Gasteiger partial charge >= 0.3 is 0 Å². The highest BCUT2D eigenvalue weighted by Crippen LogP contribution is 2.18. The zero-order valence-electron chi connectivity index (χ0n) is 7.68. The first-order chi connectivity index (χ1) is 4.72. The minimum absolute atomic E-state index is 0.821. The standard InChI is InChI=1S/C8H20OSi/c1-4-8(7(2)3)5-6-9-10/h7-8H,4-6H2,1-3,10H3. The SMILES string of the molecule is CCC(CCO[SiH3])C(C)C. The molecule has 0 bridgehead atoms. The minimum atomic E-state index is 0.821. The van der Waals surface area contributed by atoms with Crippen LogP contribution in [0, 0.1) is 11.8 Å². The van der Waals surface area contributed by atoms with Crippen LogP contribution in [0.5, 0.6) is 0 Å². The fourth-order valence-electron chi connectivity index (χ4n) is 1.28. The van der Waals surface area contributed by atoms with E-state index in [-0.39, 0.29) is 0 Å². The van der Waals surface area contributed by atoms with Crippen LogP contribution in [-0.4, -0.2) is 17.1 Å². The van der Waals surface area contributed by atoms with Crippen LogP contribution in [0.3, 0.4) is 0 Å². The predicted molar refractivity (Wildman–Crippen MR) is 49.1 cm³/mol. The highest BCUT2D eigenvalue weighted by molar-refractivity contribution is 5.97. The second kappa shape index (κ2) is 5.92. The smallest absolute Gasteiger partial charge is 0.145 e. The fraction of sp³-hybridized carbons (Fsp3) is 1.00. The average molecular weight is 160 g/mol. The first kappa shape index (κ1) is 10.2. The van der Waals surface area contributed by atoms with Crippen molar-refractivity contribution in [3.05, 3.63) is 0 Å². The van der Waals surface area contributed by atoms with Gasteiger partial charge in [-0.1, -0.05) is 27.2 Å². The Kier molecular flexibility index (Phi) is 6.03. The molecule has 0 N–H and O–H groups in total. The molecule has 0 amide bonds. The zero-order chi connectivity index (χ0) is 7.98.